The van der Waals surface area contributed by atoms with E-state index >= 15 is 0 Å². The molecule has 12 heavy (non-hydrogen) atoms. The van der Waals surface area contributed by atoms with Crippen LogP contribution in [0.4, 0.5) is 0 Å². The molecule has 2 atom stereocenters. The van der Waals surface area contributed by atoms with E-state index in [0.717, 1.165) is 0 Å². The standard InChI is InChI=1S/C5H8ClNO5/c1-3(8)5(6)12-4(9)2-7(10)11/h3,5,8H,2H2,1H3. The van der Waals surface area contributed by atoms with Gasteiger partial charge < -0.3 is 9.84 Å². The highest BCUT2D eigenvalue weighted by Crippen LogP contribution is 2.04. The second-order valence-electron chi connectivity index (χ2n) is 2.07. The third-order valence-electron chi connectivity index (χ3n) is 0.882. The van der Waals surface area contributed by atoms with E-state index in [0.29, 0.717) is 0 Å². The first-order chi connectivity index (χ1) is 5.43. The fourth-order valence-electron chi connectivity index (χ4n) is 0.367. The summed E-state index contributed by atoms with van der Waals surface area (Å²) in [6.45, 7) is 0.354. The number of carbonyl (C=O) groups is 1. The minimum Gasteiger partial charge on any atom is -0.438 e. The van der Waals surface area contributed by atoms with Gasteiger partial charge >= 0.3 is 5.97 Å². The van der Waals surface area contributed by atoms with Gasteiger partial charge in [-0.3, -0.25) is 10.1 Å². The van der Waals surface area contributed by atoms with Crippen molar-refractivity contribution >= 4 is 17.6 Å². The van der Waals surface area contributed by atoms with Crippen LogP contribution < -0.4 is 0 Å². The molecule has 0 fully saturated rings. The van der Waals surface area contributed by atoms with Gasteiger partial charge in [0.1, 0.15) is 6.10 Å². The van der Waals surface area contributed by atoms with Crippen LogP contribution in [0.1, 0.15) is 6.92 Å². The average molecular weight is 198 g/mol. The molecule has 2 unspecified atom stereocenters. The molecule has 0 aromatic rings. The second-order valence-corrected chi connectivity index (χ2v) is 2.50. The van der Waals surface area contributed by atoms with E-state index in [2.05, 4.69) is 4.74 Å². The van der Waals surface area contributed by atoms with Gasteiger partial charge in [-0.2, -0.15) is 0 Å². The minimum atomic E-state index is -1.24. The van der Waals surface area contributed by atoms with E-state index in [1.807, 2.05) is 0 Å². The molecule has 7 heteroatoms. The van der Waals surface area contributed by atoms with Gasteiger partial charge in [-0.25, -0.2) is 4.79 Å². The lowest BCUT2D eigenvalue weighted by Gasteiger charge is -2.11. The van der Waals surface area contributed by atoms with Crippen molar-refractivity contribution in [2.45, 2.75) is 18.6 Å². The maximum absolute atomic E-state index is 10.5. The lowest BCUT2D eigenvalue weighted by Crippen LogP contribution is -2.27. The van der Waals surface area contributed by atoms with Gasteiger partial charge in [0.15, 0.2) is 0 Å². The summed E-state index contributed by atoms with van der Waals surface area (Å²) in [5.41, 5.74) is -1.24. The molecule has 0 saturated heterocycles. The number of hydrogen-bond donors (Lipinski definition) is 1. The zero-order chi connectivity index (χ0) is 9.72. The summed E-state index contributed by atoms with van der Waals surface area (Å²) >= 11 is 5.28. The number of esters is 1. The molecule has 0 aliphatic carbocycles. The first-order valence-electron chi connectivity index (χ1n) is 3.07. The SMILES string of the molecule is CC(O)C(Cl)OC(=O)C[N+](=O)[O-]. The molecule has 0 saturated carbocycles. The van der Waals surface area contributed by atoms with Crippen LogP contribution in [-0.2, 0) is 9.53 Å². The van der Waals surface area contributed by atoms with E-state index < -0.39 is 29.1 Å². The zero-order valence-corrected chi connectivity index (χ0v) is 7.02. The monoisotopic (exact) mass is 197 g/mol. The van der Waals surface area contributed by atoms with Crippen LogP contribution in [0.15, 0.2) is 0 Å². The van der Waals surface area contributed by atoms with Crippen LogP contribution in [0.3, 0.4) is 0 Å². The van der Waals surface area contributed by atoms with Crippen LogP contribution in [0, 0.1) is 10.1 Å². The maximum atomic E-state index is 10.5. The number of ether oxygens (including phenoxy) is 1. The molecule has 1 N–H and O–H groups in total. The van der Waals surface area contributed by atoms with Gasteiger partial charge in [0.05, 0.1) is 0 Å². The third kappa shape index (κ3) is 4.86. The Bertz CT molecular complexity index is 183. The Hall–Kier alpha value is -0.880. The quantitative estimate of drug-likeness (QED) is 0.291. The Morgan fingerprint density at radius 3 is 2.67 bits per heavy atom. The lowest BCUT2D eigenvalue weighted by molar-refractivity contribution is -0.470. The molecule has 0 radical (unpaired) electrons. The van der Waals surface area contributed by atoms with Crippen LogP contribution in [0.5, 0.6) is 0 Å². The first-order valence-corrected chi connectivity index (χ1v) is 3.50. The normalized spacial score (nSPS) is 14.9. The number of aliphatic hydroxyl groups excluding tert-OH is 1. The third-order valence-corrected chi connectivity index (χ3v) is 1.34. The fraction of sp³-hybridized carbons (Fsp3) is 0.800. The van der Waals surface area contributed by atoms with Crippen molar-refractivity contribution in [1.29, 1.82) is 0 Å². The molecule has 0 heterocycles. The van der Waals surface area contributed by atoms with Crippen molar-refractivity contribution in [3.05, 3.63) is 10.1 Å². The summed E-state index contributed by atoms with van der Waals surface area (Å²) in [5.74, 6) is -1.07. The minimum absolute atomic E-state index is 0.839. The van der Waals surface area contributed by atoms with Crippen LogP contribution >= 0.6 is 11.6 Å². The Morgan fingerprint density at radius 1 is 1.83 bits per heavy atom. The molecule has 0 spiro atoms. The van der Waals surface area contributed by atoms with Crippen molar-refractivity contribution in [2.24, 2.45) is 0 Å². The van der Waals surface area contributed by atoms with Gasteiger partial charge in [0.2, 0.25) is 5.56 Å². The highest BCUT2D eigenvalue weighted by molar-refractivity contribution is 6.20. The summed E-state index contributed by atoms with van der Waals surface area (Å²) in [7, 11) is 0. The van der Waals surface area contributed by atoms with E-state index in [-0.39, 0.29) is 0 Å². The predicted molar refractivity (Wildman–Crippen MR) is 39.3 cm³/mol. The molecular weight excluding hydrogens is 190 g/mol. The van der Waals surface area contributed by atoms with Crippen molar-refractivity contribution < 1.29 is 19.6 Å². The van der Waals surface area contributed by atoms with E-state index in [9.17, 15) is 14.9 Å². The van der Waals surface area contributed by atoms with Crippen molar-refractivity contribution in [1.82, 2.24) is 0 Å². The number of halogens is 1. The van der Waals surface area contributed by atoms with E-state index in [4.69, 9.17) is 16.7 Å². The molecule has 0 amide bonds. The number of hydrogen-bond acceptors (Lipinski definition) is 5. The van der Waals surface area contributed by atoms with Gasteiger partial charge in [-0.15, -0.1) is 0 Å². The largest absolute Gasteiger partial charge is 0.438 e. The van der Waals surface area contributed by atoms with Crippen LogP contribution in [0.2, 0.25) is 0 Å². The summed E-state index contributed by atoms with van der Waals surface area (Å²) in [6, 6.07) is 0. The van der Waals surface area contributed by atoms with E-state index in [1.54, 1.807) is 0 Å². The molecular formula is C5H8ClNO5. The molecule has 0 aromatic carbocycles. The van der Waals surface area contributed by atoms with Crippen LogP contribution in [-0.4, -0.2) is 34.2 Å². The predicted octanol–water partition coefficient (Wildman–Crippen LogP) is -0.248. The topological polar surface area (TPSA) is 89.7 Å². The molecule has 0 bridgehead atoms. The molecule has 70 valence electrons. The van der Waals surface area contributed by atoms with Crippen molar-refractivity contribution in [3.63, 3.8) is 0 Å². The number of carbonyl (C=O) groups excluding carboxylic acids is 1. The second kappa shape index (κ2) is 4.89. The molecule has 0 aliphatic rings. The number of nitro groups is 1. The average Bonchev–Trinajstić information content (AvgIpc) is 1.84. The number of alkyl halides is 1. The van der Waals surface area contributed by atoms with Crippen molar-refractivity contribution in [3.8, 4) is 0 Å². The number of aliphatic hydroxyl groups is 1. The Balaban J connectivity index is 3.77. The zero-order valence-electron chi connectivity index (χ0n) is 6.27. The lowest BCUT2D eigenvalue weighted by atomic mass is 10.4. The number of nitrogens with zero attached hydrogens (tertiary/aromatic N) is 1. The highest BCUT2D eigenvalue weighted by Gasteiger charge is 2.19. The maximum Gasteiger partial charge on any atom is 0.380 e. The van der Waals surface area contributed by atoms with Crippen molar-refractivity contribution in [2.75, 3.05) is 6.54 Å². The molecule has 6 nitrogen and oxygen atoms in total. The molecule has 0 aliphatic heterocycles. The van der Waals surface area contributed by atoms with Gasteiger partial charge in [0, 0.05) is 4.92 Å². The smallest absolute Gasteiger partial charge is 0.380 e. The summed E-state index contributed by atoms with van der Waals surface area (Å²) in [4.78, 5) is 19.4. The van der Waals surface area contributed by atoms with Crippen LogP contribution in [0.25, 0.3) is 0 Å². The van der Waals surface area contributed by atoms with Gasteiger partial charge in [-0.1, -0.05) is 11.6 Å². The fourth-order valence-corrected chi connectivity index (χ4v) is 0.466. The summed E-state index contributed by atoms with van der Waals surface area (Å²) < 4.78 is 4.26. The Morgan fingerprint density at radius 2 is 2.33 bits per heavy atom. The molecule has 0 aromatic heterocycles. The summed E-state index contributed by atoms with van der Waals surface area (Å²) in [6.07, 6.45) is -1.05. The highest BCUT2D eigenvalue weighted by atomic mass is 35.5. The molecule has 0 rings (SSSR count). The Kier molecular flexibility index (Phi) is 4.53. The van der Waals surface area contributed by atoms with Gasteiger partial charge in [-0.05, 0) is 6.92 Å². The number of rotatable bonds is 4. The first kappa shape index (κ1) is 11.1. The van der Waals surface area contributed by atoms with E-state index in [1.165, 1.54) is 6.92 Å². The summed E-state index contributed by atoms with van der Waals surface area (Å²) in [5, 5.41) is 18.5. The Labute approximate surface area is 73.2 Å². The van der Waals surface area contributed by atoms with Gasteiger partial charge in [0.25, 0.3) is 6.54 Å².